The summed E-state index contributed by atoms with van der Waals surface area (Å²) in [6.07, 6.45) is 1.05. The van der Waals surface area contributed by atoms with E-state index in [1.807, 2.05) is 60.7 Å². The lowest BCUT2D eigenvalue weighted by molar-refractivity contribution is 0.00573. The number of pyridine rings is 1. The second kappa shape index (κ2) is 7.72. The lowest BCUT2D eigenvalue weighted by atomic mass is 10.2. The molecule has 2 aromatic carbocycles. The molecule has 0 radical (unpaired) electrons. The molecule has 0 saturated carbocycles. The maximum atomic E-state index is 9.99. The molecule has 1 unspecified atom stereocenters. The number of fused-ring (bicyclic) bond motifs is 1. The number of benzene rings is 2. The molecule has 23 heavy (non-hydrogen) atoms. The van der Waals surface area contributed by atoms with E-state index in [2.05, 4.69) is 4.98 Å². The Morgan fingerprint density at radius 2 is 1.74 bits per heavy atom. The zero-order chi connectivity index (χ0) is 15.9. The largest absolute Gasteiger partial charge is 0.489 e. The number of rotatable bonds is 7. The first-order valence-electron chi connectivity index (χ1n) is 7.59. The van der Waals surface area contributed by atoms with Gasteiger partial charge in [-0.05, 0) is 17.7 Å². The van der Waals surface area contributed by atoms with Crippen molar-refractivity contribution in [1.29, 1.82) is 0 Å². The van der Waals surface area contributed by atoms with Gasteiger partial charge in [0.2, 0.25) is 0 Å². The Bertz CT molecular complexity index is 740. The first kappa shape index (κ1) is 15.5. The smallest absolute Gasteiger partial charge is 0.145 e. The molecular formula is C19H19NO3. The van der Waals surface area contributed by atoms with E-state index in [9.17, 15) is 5.11 Å². The Morgan fingerprint density at radius 3 is 2.61 bits per heavy atom. The Labute approximate surface area is 135 Å². The summed E-state index contributed by atoms with van der Waals surface area (Å²) in [7, 11) is 0. The van der Waals surface area contributed by atoms with Crippen LogP contribution >= 0.6 is 0 Å². The lowest BCUT2D eigenvalue weighted by Gasteiger charge is -2.14. The summed E-state index contributed by atoms with van der Waals surface area (Å²) < 4.78 is 11.2. The van der Waals surface area contributed by atoms with Crippen LogP contribution in [0.4, 0.5) is 0 Å². The first-order chi connectivity index (χ1) is 11.3. The van der Waals surface area contributed by atoms with Gasteiger partial charge in [-0.25, -0.2) is 0 Å². The van der Waals surface area contributed by atoms with Crippen LogP contribution in [0.1, 0.15) is 5.56 Å². The number of aliphatic hydroxyl groups is 1. The zero-order valence-corrected chi connectivity index (χ0v) is 12.8. The fourth-order valence-corrected chi connectivity index (χ4v) is 2.31. The predicted molar refractivity (Wildman–Crippen MR) is 89.3 cm³/mol. The third-order valence-corrected chi connectivity index (χ3v) is 3.45. The van der Waals surface area contributed by atoms with Crippen LogP contribution < -0.4 is 4.74 Å². The highest BCUT2D eigenvalue weighted by atomic mass is 16.5. The van der Waals surface area contributed by atoms with Crippen LogP contribution in [0.15, 0.2) is 66.9 Å². The summed E-state index contributed by atoms with van der Waals surface area (Å²) in [5.74, 6) is 0.671. The molecule has 1 aromatic heterocycles. The minimum absolute atomic E-state index is 0.171. The van der Waals surface area contributed by atoms with E-state index in [-0.39, 0.29) is 13.2 Å². The highest BCUT2D eigenvalue weighted by Gasteiger charge is 2.08. The van der Waals surface area contributed by atoms with Crippen LogP contribution in [-0.4, -0.2) is 29.4 Å². The van der Waals surface area contributed by atoms with E-state index in [0.29, 0.717) is 12.4 Å². The summed E-state index contributed by atoms with van der Waals surface area (Å²) in [5, 5.41) is 11.0. The van der Waals surface area contributed by atoms with Crippen LogP contribution in [0.3, 0.4) is 0 Å². The minimum Gasteiger partial charge on any atom is -0.489 e. The number of aromatic nitrogens is 1. The summed E-state index contributed by atoms with van der Waals surface area (Å²) >= 11 is 0. The number of hydrogen-bond acceptors (Lipinski definition) is 4. The van der Waals surface area contributed by atoms with Crippen LogP contribution in [0.25, 0.3) is 10.9 Å². The van der Waals surface area contributed by atoms with Crippen molar-refractivity contribution in [3.05, 3.63) is 72.4 Å². The van der Waals surface area contributed by atoms with Crippen LogP contribution in [0, 0.1) is 0 Å². The van der Waals surface area contributed by atoms with Gasteiger partial charge in [0.25, 0.3) is 0 Å². The Morgan fingerprint density at radius 1 is 0.913 bits per heavy atom. The quantitative estimate of drug-likeness (QED) is 0.728. The second-order valence-corrected chi connectivity index (χ2v) is 5.30. The monoisotopic (exact) mass is 309 g/mol. The van der Waals surface area contributed by atoms with Gasteiger partial charge in [-0.15, -0.1) is 0 Å². The molecule has 1 N–H and O–H groups in total. The standard InChI is InChI=1S/C19H19NO3/c21-17(13-22-12-15-6-2-1-3-7-15)14-23-18-10-4-8-16-9-5-11-20-19(16)18/h1-11,17,21H,12-14H2. The van der Waals surface area contributed by atoms with Crippen molar-refractivity contribution in [2.24, 2.45) is 0 Å². The highest BCUT2D eigenvalue weighted by Crippen LogP contribution is 2.22. The average Bonchev–Trinajstić information content (AvgIpc) is 2.61. The van der Waals surface area contributed by atoms with Gasteiger partial charge < -0.3 is 14.6 Å². The number of para-hydroxylation sites is 1. The molecule has 0 spiro atoms. The molecule has 0 bridgehead atoms. The predicted octanol–water partition coefficient (Wildman–Crippen LogP) is 3.19. The molecule has 3 aromatic rings. The fraction of sp³-hybridized carbons (Fsp3) is 0.211. The Hall–Kier alpha value is -2.43. The lowest BCUT2D eigenvalue weighted by Crippen LogP contribution is -2.23. The fourth-order valence-electron chi connectivity index (χ4n) is 2.31. The van der Waals surface area contributed by atoms with Gasteiger partial charge in [0, 0.05) is 11.6 Å². The third-order valence-electron chi connectivity index (χ3n) is 3.45. The van der Waals surface area contributed by atoms with Gasteiger partial charge in [-0.2, -0.15) is 0 Å². The Balaban J connectivity index is 1.49. The number of nitrogens with zero attached hydrogens (tertiary/aromatic N) is 1. The second-order valence-electron chi connectivity index (χ2n) is 5.30. The van der Waals surface area contributed by atoms with Crippen molar-refractivity contribution < 1.29 is 14.6 Å². The first-order valence-corrected chi connectivity index (χ1v) is 7.59. The van der Waals surface area contributed by atoms with Crippen LogP contribution in [0.2, 0.25) is 0 Å². The SMILES string of the molecule is OC(COCc1ccccc1)COc1cccc2cccnc12. The molecule has 0 fully saturated rings. The molecule has 0 aliphatic heterocycles. The molecule has 0 aliphatic carbocycles. The van der Waals surface area contributed by atoms with Crippen molar-refractivity contribution in [2.75, 3.05) is 13.2 Å². The molecular weight excluding hydrogens is 290 g/mol. The van der Waals surface area contributed by atoms with Crippen LogP contribution in [0.5, 0.6) is 5.75 Å². The molecule has 4 heteroatoms. The topological polar surface area (TPSA) is 51.6 Å². The van der Waals surface area contributed by atoms with Gasteiger partial charge in [0.1, 0.15) is 24.0 Å². The summed E-state index contributed by atoms with van der Waals surface area (Å²) in [4.78, 5) is 4.32. The number of aliphatic hydroxyl groups excluding tert-OH is 1. The van der Waals surface area contributed by atoms with Crippen molar-refractivity contribution in [3.8, 4) is 5.75 Å². The normalized spacial score (nSPS) is 12.2. The van der Waals surface area contributed by atoms with Crippen LogP contribution in [-0.2, 0) is 11.3 Å². The van der Waals surface area contributed by atoms with Crippen molar-refractivity contribution in [3.63, 3.8) is 0 Å². The molecule has 0 saturated heterocycles. The third kappa shape index (κ3) is 4.28. The van der Waals surface area contributed by atoms with E-state index in [1.54, 1.807) is 6.20 Å². The van der Waals surface area contributed by atoms with E-state index < -0.39 is 6.10 Å². The minimum atomic E-state index is -0.683. The average molecular weight is 309 g/mol. The van der Waals surface area contributed by atoms with E-state index in [4.69, 9.17) is 9.47 Å². The van der Waals surface area contributed by atoms with Crippen molar-refractivity contribution >= 4 is 10.9 Å². The molecule has 3 rings (SSSR count). The molecule has 1 atom stereocenters. The van der Waals surface area contributed by atoms with Gasteiger partial charge in [0.15, 0.2) is 0 Å². The summed E-state index contributed by atoms with van der Waals surface area (Å²) in [6, 6.07) is 19.5. The summed E-state index contributed by atoms with van der Waals surface area (Å²) in [6.45, 7) is 0.880. The van der Waals surface area contributed by atoms with Gasteiger partial charge in [0.05, 0.1) is 13.2 Å². The molecule has 0 aliphatic rings. The zero-order valence-electron chi connectivity index (χ0n) is 12.8. The number of hydrogen-bond donors (Lipinski definition) is 1. The Kier molecular flexibility index (Phi) is 5.19. The van der Waals surface area contributed by atoms with E-state index in [0.717, 1.165) is 16.5 Å². The van der Waals surface area contributed by atoms with Gasteiger partial charge in [-0.1, -0.05) is 48.5 Å². The van der Waals surface area contributed by atoms with Crippen molar-refractivity contribution in [1.82, 2.24) is 4.98 Å². The molecule has 0 amide bonds. The van der Waals surface area contributed by atoms with E-state index >= 15 is 0 Å². The van der Waals surface area contributed by atoms with Gasteiger partial charge in [-0.3, -0.25) is 4.98 Å². The maximum absolute atomic E-state index is 9.99. The molecule has 4 nitrogen and oxygen atoms in total. The molecule has 1 heterocycles. The van der Waals surface area contributed by atoms with Crippen molar-refractivity contribution in [2.45, 2.75) is 12.7 Å². The highest BCUT2D eigenvalue weighted by molar-refractivity contribution is 5.84. The maximum Gasteiger partial charge on any atom is 0.145 e. The van der Waals surface area contributed by atoms with Gasteiger partial charge >= 0.3 is 0 Å². The number of ether oxygens (including phenoxy) is 2. The molecule has 118 valence electrons. The van der Waals surface area contributed by atoms with E-state index in [1.165, 1.54) is 0 Å². The summed E-state index contributed by atoms with van der Waals surface area (Å²) in [5.41, 5.74) is 1.88.